The Kier molecular flexibility index (Phi) is 505. The minimum Gasteiger partial charge on any atom is -0.114 e. The molecule has 0 aliphatic rings. The summed E-state index contributed by atoms with van der Waals surface area (Å²) in [6.45, 7) is 0. The Labute approximate surface area is 73.9 Å². The van der Waals surface area contributed by atoms with Crippen LogP contribution in [0.2, 0.25) is 0 Å². The molecule has 0 aliphatic heterocycles. The van der Waals surface area contributed by atoms with E-state index in [1.54, 1.807) is 0 Å². The lowest BCUT2D eigenvalue weighted by molar-refractivity contribution is 2.13. The molecule has 0 saturated heterocycles. The van der Waals surface area contributed by atoms with Crippen molar-refractivity contribution >= 4 is 68.3 Å². The molecule has 0 rings (SSSR count). The molecule has 0 amide bonds. The van der Waals surface area contributed by atoms with Crippen molar-refractivity contribution in [3.8, 4) is 0 Å². The Morgan fingerprint density at radius 3 is 0.600 bits per heavy atom. The Morgan fingerprint density at radius 2 is 0.600 bits per heavy atom. The molecule has 0 spiro atoms. The van der Waals surface area contributed by atoms with Crippen LogP contribution >= 0.6 is 50.9 Å². The van der Waals surface area contributed by atoms with Crippen molar-refractivity contribution in [1.29, 1.82) is 0 Å². The van der Waals surface area contributed by atoms with Gasteiger partial charge in [0.05, 0.1) is 0 Å². The summed E-state index contributed by atoms with van der Waals surface area (Å²) >= 11 is 0. The molecule has 5 heavy (non-hydrogen) atoms. The predicted octanol–water partition coefficient (Wildman–Crippen LogP) is 0.0692. The minimum atomic E-state index is 0. The summed E-state index contributed by atoms with van der Waals surface area (Å²) < 4.78 is 0. The fourth-order valence-electron chi connectivity index (χ4n) is 0. The number of nitrogens with zero attached hydrogens (tertiary/aromatic N) is 1. The molecule has 1 nitrogen and oxygen atoms in total. The summed E-state index contributed by atoms with van der Waals surface area (Å²) in [4.78, 5) is 0. The highest BCUT2D eigenvalue weighted by Gasteiger charge is 0.187. The zero-order valence-corrected chi connectivity index (χ0v) is 6.81. The molecule has 0 aromatic heterocycles. The van der Waals surface area contributed by atoms with E-state index in [0.717, 1.165) is 0 Å². The van der Waals surface area contributed by atoms with Gasteiger partial charge in [0.2, 0.25) is 0 Å². The summed E-state index contributed by atoms with van der Waals surface area (Å²) in [6, 6.07) is 0. The first-order valence-corrected chi connectivity index (χ1v) is 0. The van der Waals surface area contributed by atoms with Gasteiger partial charge in [0.25, 0.3) is 0 Å². The second-order valence-electron chi connectivity index (χ2n) is 0. The molecule has 0 bridgehead atoms. The molecular weight excluding hydrogens is 281 g/mol. The molecule has 0 heterocycles. The fraction of sp³-hybridized carbons (Fsp3) is 0. The monoisotopic (exact) mass is 284 g/mol. The maximum Gasteiger partial charge on any atom is 0.187 e. The van der Waals surface area contributed by atoms with E-state index in [1.807, 2.05) is 0 Å². The molecule has 5 heteroatoms. The zero-order valence-electron chi connectivity index (χ0n) is 1.67. The SMILES string of the molecule is Br.Br.Br.[AlH3].[N]. The quantitative estimate of drug-likeness (QED) is 0.564. The van der Waals surface area contributed by atoms with Crippen LogP contribution in [0, 0.1) is 0 Å². The largest absolute Gasteiger partial charge is 0.187 e. The number of halogens is 3. The third-order valence-corrected chi connectivity index (χ3v) is 0. The van der Waals surface area contributed by atoms with Gasteiger partial charge < -0.3 is 0 Å². The van der Waals surface area contributed by atoms with E-state index >= 15 is 0 Å². The van der Waals surface area contributed by atoms with Crippen molar-refractivity contribution in [3.63, 3.8) is 0 Å². The van der Waals surface area contributed by atoms with E-state index in [4.69, 9.17) is 0 Å². The minimum absolute atomic E-state index is 0. The number of rotatable bonds is 0. The fourth-order valence-corrected chi connectivity index (χ4v) is 0. The lowest BCUT2D eigenvalue weighted by atomic mass is 14.0. The van der Waals surface area contributed by atoms with Crippen LogP contribution in [0.4, 0.5) is 0 Å². The van der Waals surface area contributed by atoms with Crippen LogP contribution < -0.4 is 6.15 Å². The van der Waals surface area contributed by atoms with Crippen LogP contribution in [-0.4, -0.2) is 17.4 Å². The van der Waals surface area contributed by atoms with Crippen molar-refractivity contribution in [1.82, 2.24) is 6.15 Å². The lowest BCUT2D eigenvalue weighted by Crippen LogP contribution is -0.481. The first-order chi connectivity index (χ1) is 0. The highest BCUT2D eigenvalue weighted by molar-refractivity contribution is 8.93. The van der Waals surface area contributed by atoms with Gasteiger partial charge in [-0.05, 0) is 0 Å². The van der Waals surface area contributed by atoms with E-state index in [1.165, 1.54) is 0 Å². The summed E-state index contributed by atoms with van der Waals surface area (Å²) in [5, 5.41) is 0. The highest BCUT2D eigenvalue weighted by Crippen LogP contribution is 0.848. The Bertz CT molecular complexity index is 6.85. The van der Waals surface area contributed by atoms with Gasteiger partial charge in [-0.1, -0.05) is 0 Å². The van der Waals surface area contributed by atoms with Gasteiger partial charge in [-0.3, -0.25) is 0 Å². The maximum atomic E-state index is 0. The highest BCUT2D eigenvalue weighted by atomic mass is 79.9. The van der Waals surface area contributed by atoms with Crippen LogP contribution in [0.5, 0.6) is 0 Å². The van der Waals surface area contributed by atoms with Gasteiger partial charge in [-0.2, -0.15) is 0 Å². The molecule has 0 N–H and O–H groups in total. The van der Waals surface area contributed by atoms with Crippen molar-refractivity contribution < 1.29 is 0 Å². The van der Waals surface area contributed by atoms with E-state index in [2.05, 4.69) is 0 Å². The van der Waals surface area contributed by atoms with Crippen molar-refractivity contribution in [2.75, 3.05) is 0 Å². The zero-order chi connectivity index (χ0) is 0. The molecule has 0 saturated carbocycles. The summed E-state index contributed by atoms with van der Waals surface area (Å²) in [6.07, 6.45) is 0. The Hall–Kier alpha value is 1.93. The van der Waals surface area contributed by atoms with Crippen molar-refractivity contribution in [2.45, 2.75) is 0 Å². The van der Waals surface area contributed by atoms with Gasteiger partial charge >= 0.3 is 0 Å². The van der Waals surface area contributed by atoms with E-state index in [0.29, 0.717) is 0 Å². The topological polar surface area (TPSA) is 30.5 Å². The molecule has 0 aromatic carbocycles. The summed E-state index contributed by atoms with van der Waals surface area (Å²) in [5.41, 5.74) is 0. The second-order valence-corrected chi connectivity index (χ2v) is 0. The first-order valence-electron chi connectivity index (χ1n) is 0. The van der Waals surface area contributed by atoms with E-state index in [9.17, 15) is 0 Å². The molecule has 0 aromatic rings. The third-order valence-electron chi connectivity index (χ3n) is 0. The Morgan fingerprint density at radius 1 is 0.600 bits per heavy atom. The standard InChI is InChI=1S/Al.3BrH.N.3H/h;3*1H;;;;. The maximum absolute atomic E-state index is 0. The average molecular weight is 287 g/mol. The number of hydrogen-bond acceptors (Lipinski definition) is 0. The number of hydrogen-bond donors (Lipinski definition) is 0. The molecule has 0 unspecified atom stereocenters. The van der Waals surface area contributed by atoms with Gasteiger partial charge in [-0.25, -0.2) is 0 Å². The van der Waals surface area contributed by atoms with Crippen molar-refractivity contribution in [3.05, 3.63) is 0 Å². The van der Waals surface area contributed by atoms with Gasteiger partial charge in [-0.15, -0.1) is 50.9 Å². The smallest absolute Gasteiger partial charge is 0.114 e. The molecule has 0 aliphatic carbocycles. The van der Waals surface area contributed by atoms with Crippen LogP contribution in [0.3, 0.4) is 0 Å². The third kappa shape index (κ3) is 24.6. The molecular formula is H6AlBr3N. The molecule has 0 atom stereocenters. The first kappa shape index (κ1) is 65.3. The van der Waals surface area contributed by atoms with Crippen molar-refractivity contribution in [2.24, 2.45) is 0 Å². The normalized spacial score (nSPS) is 0. The van der Waals surface area contributed by atoms with Crippen LogP contribution in [0.15, 0.2) is 0 Å². The molecule has 0 fully saturated rings. The van der Waals surface area contributed by atoms with Gasteiger partial charge in [0, 0.05) is 6.15 Å². The van der Waals surface area contributed by atoms with E-state index in [-0.39, 0.29) is 74.5 Å². The summed E-state index contributed by atoms with van der Waals surface area (Å²) in [5.74, 6) is 0. The molecule has 35 valence electrons. The van der Waals surface area contributed by atoms with Crippen LogP contribution in [0.25, 0.3) is 0 Å². The van der Waals surface area contributed by atoms with Crippen LogP contribution in [0.1, 0.15) is 0 Å². The molecule has 3 radical (unpaired) electrons. The van der Waals surface area contributed by atoms with Crippen LogP contribution in [-0.2, 0) is 0 Å². The van der Waals surface area contributed by atoms with E-state index < -0.39 is 0 Å². The second kappa shape index (κ2) is 38.6. The van der Waals surface area contributed by atoms with Gasteiger partial charge in [0.15, 0.2) is 17.4 Å². The summed E-state index contributed by atoms with van der Waals surface area (Å²) in [7, 11) is 0. The lowest BCUT2D eigenvalue weighted by Gasteiger charge is -0.115. The Balaban J connectivity index is 0. The average Bonchev–Trinajstić information content (AvgIpc) is 0. The van der Waals surface area contributed by atoms with Gasteiger partial charge in [0.1, 0.15) is 0 Å². The predicted molar refractivity (Wildman–Crippen MR) is 43.0 cm³/mol.